The molecule has 8 heteroatoms. The second-order valence-corrected chi connectivity index (χ2v) is 1.27. The minimum absolute atomic E-state index is 0.550. The zero-order chi connectivity index (χ0) is 8.69. The predicted octanol–water partition coefficient (Wildman–Crippen LogP) is -1.86. The lowest BCUT2D eigenvalue weighted by molar-refractivity contribution is 0.0244. The van der Waals surface area contributed by atoms with Crippen LogP contribution in [0.3, 0.4) is 0 Å². The maximum absolute atomic E-state index is 10.2. The molecular weight excluding hydrogens is 156 g/mol. The van der Waals surface area contributed by atoms with Gasteiger partial charge in [-0.1, -0.05) is 0 Å². The van der Waals surface area contributed by atoms with Gasteiger partial charge in [-0.25, -0.2) is 21.3 Å². The number of ether oxygens (including phenoxy) is 2. The summed E-state index contributed by atoms with van der Waals surface area (Å²) < 4.78 is 8.30. The Hall–Kier alpha value is -1.54. The number of carbonyl (C=O) groups excluding carboxylic acids is 2. The summed E-state index contributed by atoms with van der Waals surface area (Å²) >= 11 is 0. The van der Waals surface area contributed by atoms with Gasteiger partial charge in [-0.3, -0.25) is 10.9 Å². The summed E-state index contributed by atoms with van der Waals surface area (Å²) in [5, 5.41) is 0. The van der Waals surface area contributed by atoms with Crippen LogP contribution in [0.4, 0.5) is 9.59 Å². The molecule has 0 atom stereocenters. The van der Waals surface area contributed by atoms with Crippen molar-refractivity contribution in [3.05, 3.63) is 0 Å². The Morgan fingerprint density at radius 1 is 1.09 bits per heavy atom. The van der Waals surface area contributed by atoms with Gasteiger partial charge in [0.1, 0.15) is 0 Å². The molecule has 0 aliphatic heterocycles. The van der Waals surface area contributed by atoms with Gasteiger partial charge >= 0.3 is 12.2 Å². The fraction of sp³-hybridized carbons (Fsp3) is 0.333. The Morgan fingerprint density at radius 2 is 1.45 bits per heavy atom. The Balaban J connectivity index is 3.27. The second kappa shape index (κ2) is 5.26. The van der Waals surface area contributed by atoms with Crippen molar-refractivity contribution >= 4 is 12.2 Å². The standard InChI is InChI=1S/C3H8N4O4/c4-6-2(8)10-1-11-3(9)7-5/h1,4-5H2,(H,6,8)(H,7,9). The number of nitrogens with two attached hydrogens (primary N) is 2. The molecule has 0 bridgehead atoms. The van der Waals surface area contributed by atoms with E-state index < -0.39 is 19.0 Å². The van der Waals surface area contributed by atoms with Crippen molar-refractivity contribution in [3.8, 4) is 0 Å². The van der Waals surface area contributed by atoms with E-state index in [9.17, 15) is 9.59 Å². The van der Waals surface area contributed by atoms with Gasteiger partial charge < -0.3 is 9.47 Å². The SMILES string of the molecule is NNC(=O)OCOC(=O)NN. The molecule has 0 fully saturated rings. The Bertz CT molecular complexity index is 132. The number of rotatable bonds is 2. The molecular formula is C3H8N4O4. The molecule has 0 unspecified atom stereocenters. The third kappa shape index (κ3) is 4.93. The van der Waals surface area contributed by atoms with Gasteiger partial charge in [-0.2, -0.15) is 0 Å². The molecule has 64 valence electrons. The number of nitrogens with one attached hydrogen (secondary N) is 2. The van der Waals surface area contributed by atoms with Crippen molar-refractivity contribution in [1.82, 2.24) is 10.9 Å². The minimum atomic E-state index is -0.908. The number of carbonyl (C=O) groups is 2. The van der Waals surface area contributed by atoms with E-state index in [1.165, 1.54) is 0 Å². The molecule has 0 radical (unpaired) electrons. The van der Waals surface area contributed by atoms with E-state index in [4.69, 9.17) is 0 Å². The van der Waals surface area contributed by atoms with E-state index in [1.807, 2.05) is 0 Å². The summed E-state index contributed by atoms with van der Waals surface area (Å²) in [6.07, 6.45) is -1.82. The van der Waals surface area contributed by atoms with E-state index >= 15 is 0 Å². The molecule has 2 amide bonds. The van der Waals surface area contributed by atoms with Crippen LogP contribution in [0.1, 0.15) is 0 Å². The lowest BCUT2D eigenvalue weighted by Gasteiger charge is -2.03. The van der Waals surface area contributed by atoms with Crippen LogP contribution in [-0.4, -0.2) is 19.0 Å². The predicted molar refractivity (Wildman–Crippen MR) is 32.5 cm³/mol. The van der Waals surface area contributed by atoms with E-state index in [-0.39, 0.29) is 0 Å². The van der Waals surface area contributed by atoms with Crippen LogP contribution in [0.15, 0.2) is 0 Å². The molecule has 8 nitrogen and oxygen atoms in total. The summed E-state index contributed by atoms with van der Waals surface area (Å²) in [5.74, 6) is 9.23. The van der Waals surface area contributed by atoms with Crippen LogP contribution in [-0.2, 0) is 9.47 Å². The quantitative estimate of drug-likeness (QED) is 0.164. The molecule has 0 saturated carbocycles. The highest BCUT2D eigenvalue weighted by Crippen LogP contribution is 1.78. The van der Waals surface area contributed by atoms with Gasteiger partial charge in [0.2, 0.25) is 6.79 Å². The first kappa shape index (κ1) is 9.46. The van der Waals surface area contributed by atoms with Crippen LogP contribution < -0.4 is 22.5 Å². The number of hydrogen-bond acceptors (Lipinski definition) is 6. The van der Waals surface area contributed by atoms with Crippen LogP contribution in [0, 0.1) is 0 Å². The highest BCUT2D eigenvalue weighted by atomic mass is 16.7. The molecule has 0 aromatic heterocycles. The molecule has 0 aliphatic rings. The summed E-state index contributed by atoms with van der Waals surface area (Å²) in [6, 6.07) is 0. The minimum Gasteiger partial charge on any atom is -0.411 e. The average Bonchev–Trinajstić information content (AvgIpc) is 2.04. The highest BCUT2D eigenvalue weighted by Gasteiger charge is 2.00. The third-order valence-electron chi connectivity index (χ3n) is 0.616. The molecule has 0 heterocycles. The van der Waals surface area contributed by atoms with Crippen molar-refractivity contribution in [2.75, 3.05) is 6.79 Å². The summed E-state index contributed by atoms with van der Waals surface area (Å²) in [6.45, 7) is -0.550. The van der Waals surface area contributed by atoms with Gasteiger partial charge in [0.05, 0.1) is 0 Å². The third-order valence-corrected chi connectivity index (χ3v) is 0.616. The van der Waals surface area contributed by atoms with Gasteiger partial charge in [0.15, 0.2) is 0 Å². The van der Waals surface area contributed by atoms with E-state index in [2.05, 4.69) is 21.2 Å². The van der Waals surface area contributed by atoms with Gasteiger partial charge in [-0.05, 0) is 0 Å². The maximum Gasteiger partial charge on any atom is 0.424 e. The molecule has 0 aromatic carbocycles. The molecule has 6 N–H and O–H groups in total. The smallest absolute Gasteiger partial charge is 0.411 e. The fourth-order valence-electron chi connectivity index (χ4n) is 0.220. The largest absolute Gasteiger partial charge is 0.424 e. The average molecular weight is 164 g/mol. The first-order valence-electron chi connectivity index (χ1n) is 2.47. The first-order valence-corrected chi connectivity index (χ1v) is 2.47. The monoisotopic (exact) mass is 164 g/mol. The summed E-state index contributed by atoms with van der Waals surface area (Å²) in [4.78, 5) is 20.4. The fourth-order valence-corrected chi connectivity index (χ4v) is 0.220. The summed E-state index contributed by atoms with van der Waals surface area (Å²) in [7, 11) is 0. The molecule has 0 rings (SSSR count). The molecule has 0 spiro atoms. The van der Waals surface area contributed by atoms with E-state index in [1.54, 1.807) is 10.9 Å². The zero-order valence-electron chi connectivity index (χ0n) is 5.49. The first-order chi connectivity index (χ1) is 5.20. The number of amides is 2. The second-order valence-electron chi connectivity index (χ2n) is 1.27. The number of hydrogen-bond donors (Lipinski definition) is 4. The maximum atomic E-state index is 10.2. The van der Waals surface area contributed by atoms with Gasteiger partial charge in [0, 0.05) is 0 Å². The Labute approximate surface area is 61.7 Å². The lowest BCUT2D eigenvalue weighted by atomic mass is 11.1. The van der Waals surface area contributed by atoms with E-state index in [0.29, 0.717) is 0 Å². The van der Waals surface area contributed by atoms with E-state index in [0.717, 1.165) is 0 Å². The van der Waals surface area contributed by atoms with Crippen LogP contribution in [0.2, 0.25) is 0 Å². The van der Waals surface area contributed by atoms with Crippen molar-refractivity contribution in [2.45, 2.75) is 0 Å². The van der Waals surface area contributed by atoms with Crippen molar-refractivity contribution < 1.29 is 19.1 Å². The molecule has 0 aromatic rings. The molecule has 11 heavy (non-hydrogen) atoms. The topological polar surface area (TPSA) is 129 Å². The van der Waals surface area contributed by atoms with Crippen molar-refractivity contribution in [1.29, 1.82) is 0 Å². The molecule has 0 aliphatic carbocycles. The van der Waals surface area contributed by atoms with Crippen molar-refractivity contribution in [2.24, 2.45) is 11.7 Å². The molecule has 0 saturated heterocycles. The van der Waals surface area contributed by atoms with Crippen molar-refractivity contribution in [3.63, 3.8) is 0 Å². The Kier molecular flexibility index (Phi) is 4.52. The normalized spacial score (nSPS) is 8.18. The van der Waals surface area contributed by atoms with Gasteiger partial charge in [0.25, 0.3) is 0 Å². The van der Waals surface area contributed by atoms with Gasteiger partial charge in [-0.15, -0.1) is 0 Å². The highest BCUT2D eigenvalue weighted by molar-refractivity contribution is 5.67. The Morgan fingerprint density at radius 3 is 1.73 bits per heavy atom. The number of hydrazine groups is 2. The van der Waals surface area contributed by atoms with Crippen LogP contribution >= 0.6 is 0 Å². The van der Waals surface area contributed by atoms with Crippen LogP contribution in [0.25, 0.3) is 0 Å². The lowest BCUT2D eigenvalue weighted by Crippen LogP contribution is -2.34. The summed E-state index contributed by atoms with van der Waals surface area (Å²) in [5.41, 5.74) is 3.31. The van der Waals surface area contributed by atoms with Crippen LogP contribution in [0.5, 0.6) is 0 Å². The zero-order valence-corrected chi connectivity index (χ0v) is 5.49.